The van der Waals surface area contributed by atoms with Crippen molar-refractivity contribution in [2.24, 2.45) is 0 Å². The van der Waals surface area contributed by atoms with Crippen LogP contribution < -0.4 is 0 Å². The van der Waals surface area contributed by atoms with E-state index in [-0.39, 0.29) is 5.78 Å². The Kier molecular flexibility index (Phi) is 3.23. The van der Waals surface area contributed by atoms with Gasteiger partial charge in [-0.2, -0.15) is 0 Å². The molecule has 1 heterocycles. The average molecular weight is 249 g/mol. The highest BCUT2D eigenvalue weighted by atomic mass is 16.1. The first kappa shape index (κ1) is 11.8. The molecule has 3 rings (SSSR count). The number of allylic oxidation sites excluding steroid dienone is 1. The summed E-state index contributed by atoms with van der Waals surface area (Å²) in [6, 6.07) is 11.8. The van der Waals surface area contributed by atoms with Crippen molar-refractivity contribution in [3.63, 3.8) is 0 Å². The van der Waals surface area contributed by atoms with E-state index < -0.39 is 0 Å². The van der Waals surface area contributed by atoms with Crippen molar-refractivity contribution in [1.82, 2.24) is 4.98 Å². The van der Waals surface area contributed by atoms with Crippen molar-refractivity contribution >= 4 is 11.9 Å². The van der Waals surface area contributed by atoms with Crippen molar-refractivity contribution in [3.05, 3.63) is 71.1 Å². The average Bonchev–Trinajstić information content (AvgIpc) is 2.61. The fourth-order valence-corrected chi connectivity index (χ4v) is 2.51. The first-order valence-electron chi connectivity index (χ1n) is 6.58. The number of aromatic nitrogens is 1. The maximum Gasteiger partial charge on any atom is 0.189 e. The summed E-state index contributed by atoms with van der Waals surface area (Å²) in [5, 5.41) is 0. The van der Waals surface area contributed by atoms with Gasteiger partial charge in [-0.3, -0.25) is 9.78 Å². The number of pyridine rings is 1. The number of carbonyl (C=O) groups excluding carboxylic acids is 1. The predicted octanol–water partition coefficient (Wildman–Crippen LogP) is 3.68. The molecule has 0 aliphatic heterocycles. The highest BCUT2D eigenvalue weighted by Crippen LogP contribution is 2.25. The number of Topliss-reactive ketones (excluding diaryl/α,β-unsaturated/α-hetero) is 1. The van der Waals surface area contributed by atoms with Crippen LogP contribution in [0.25, 0.3) is 6.08 Å². The molecule has 0 saturated heterocycles. The minimum atomic E-state index is 0.171. The third-order valence-electron chi connectivity index (χ3n) is 3.49. The molecule has 0 saturated carbocycles. The van der Waals surface area contributed by atoms with Gasteiger partial charge in [0.2, 0.25) is 0 Å². The zero-order valence-corrected chi connectivity index (χ0v) is 10.7. The Morgan fingerprint density at radius 3 is 2.63 bits per heavy atom. The minimum Gasteiger partial charge on any atom is -0.289 e. The van der Waals surface area contributed by atoms with Crippen LogP contribution in [0.15, 0.2) is 54.4 Å². The van der Waals surface area contributed by atoms with Crippen LogP contribution in [-0.2, 0) is 6.42 Å². The zero-order chi connectivity index (χ0) is 13.1. The van der Waals surface area contributed by atoms with Gasteiger partial charge in [0.1, 0.15) is 0 Å². The standard InChI is InChI=1S/C17H15NO/c19-17-15(12-13-8-10-18-11-9-13)6-3-5-14-4-1-2-7-16(14)17/h1-2,4,7-12H,3,5-6H2/b15-12+. The normalized spacial score (nSPS) is 17.1. The van der Waals surface area contributed by atoms with Crippen molar-refractivity contribution in [2.75, 3.05) is 0 Å². The largest absolute Gasteiger partial charge is 0.289 e. The van der Waals surface area contributed by atoms with Gasteiger partial charge in [-0.05, 0) is 48.6 Å². The van der Waals surface area contributed by atoms with E-state index in [9.17, 15) is 4.79 Å². The number of hydrogen-bond acceptors (Lipinski definition) is 2. The number of carbonyl (C=O) groups is 1. The molecule has 0 N–H and O–H groups in total. The molecule has 1 aromatic heterocycles. The van der Waals surface area contributed by atoms with Gasteiger partial charge in [-0.1, -0.05) is 24.3 Å². The Morgan fingerprint density at radius 2 is 1.79 bits per heavy atom. The summed E-state index contributed by atoms with van der Waals surface area (Å²) in [5.74, 6) is 0.171. The van der Waals surface area contributed by atoms with Crippen molar-refractivity contribution < 1.29 is 4.79 Å². The van der Waals surface area contributed by atoms with E-state index in [2.05, 4.69) is 11.1 Å². The number of nitrogens with zero attached hydrogens (tertiary/aromatic N) is 1. The van der Waals surface area contributed by atoms with E-state index in [0.29, 0.717) is 0 Å². The Morgan fingerprint density at radius 1 is 1.00 bits per heavy atom. The smallest absolute Gasteiger partial charge is 0.189 e. The van der Waals surface area contributed by atoms with Gasteiger partial charge in [-0.25, -0.2) is 0 Å². The maximum absolute atomic E-state index is 12.6. The summed E-state index contributed by atoms with van der Waals surface area (Å²) >= 11 is 0. The Hall–Kier alpha value is -2.22. The fourth-order valence-electron chi connectivity index (χ4n) is 2.51. The molecule has 0 spiro atoms. The monoisotopic (exact) mass is 249 g/mol. The lowest BCUT2D eigenvalue weighted by Gasteiger charge is -2.04. The Bertz CT molecular complexity index is 629. The van der Waals surface area contributed by atoms with Crippen molar-refractivity contribution in [1.29, 1.82) is 0 Å². The molecule has 0 unspecified atom stereocenters. The Labute approximate surface area is 112 Å². The number of benzene rings is 1. The number of rotatable bonds is 1. The van der Waals surface area contributed by atoms with Gasteiger partial charge in [0, 0.05) is 23.5 Å². The summed E-state index contributed by atoms with van der Waals surface area (Å²) in [6.45, 7) is 0. The molecule has 1 aliphatic rings. The number of aryl methyl sites for hydroxylation is 1. The third-order valence-corrected chi connectivity index (χ3v) is 3.49. The van der Waals surface area contributed by atoms with Crippen LogP contribution in [-0.4, -0.2) is 10.8 Å². The molecule has 19 heavy (non-hydrogen) atoms. The minimum absolute atomic E-state index is 0.171. The highest BCUT2D eigenvalue weighted by molar-refractivity contribution is 6.12. The predicted molar refractivity (Wildman–Crippen MR) is 75.9 cm³/mol. The van der Waals surface area contributed by atoms with Gasteiger partial charge in [-0.15, -0.1) is 0 Å². The van der Waals surface area contributed by atoms with Crippen LogP contribution in [0.3, 0.4) is 0 Å². The van der Waals surface area contributed by atoms with Crippen LogP contribution in [0.5, 0.6) is 0 Å². The summed E-state index contributed by atoms with van der Waals surface area (Å²) in [6.07, 6.45) is 8.35. The van der Waals surface area contributed by atoms with Crippen LogP contribution in [0.2, 0.25) is 0 Å². The summed E-state index contributed by atoms with van der Waals surface area (Å²) in [5.41, 5.74) is 3.97. The quantitative estimate of drug-likeness (QED) is 0.570. The lowest BCUT2D eigenvalue weighted by atomic mass is 9.99. The van der Waals surface area contributed by atoms with Gasteiger partial charge < -0.3 is 0 Å². The summed E-state index contributed by atoms with van der Waals surface area (Å²) < 4.78 is 0. The number of fused-ring (bicyclic) bond motifs is 1. The van der Waals surface area contributed by atoms with Crippen molar-refractivity contribution in [3.8, 4) is 0 Å². The van der Waals surface area contributed by atoms with Gasteiger partial charge in [0.05, 0.1) is 0 Å². The fraction of sp³-hybridized carbons (Fsp3) is 0.176. The van der Waals surface area contributed by atoms with Crippen LogP contribution in [0.4, 0.5) is 0 Å². The summed E-state index contributed by atoms with van der Waals surface area (Å²) in [4.78, 5) is 16.6. The van der Waals surface area contributed by atoms with E-state index in [1.54, 1.807) is 12.4 Å². The van der Waals surface area contributed by atoms with E-state index >= 15 is 0 Å². The van der Waals surface area contributed by atoms with Crippen LogP contribution in [0.1, 0.15) is 34.3 Å². The lowest BCUT2D eigenvalue weighted by molar-refractivity contribution is 0.103. The van der Waals surface area contributed by atoms with Crippen molar-refractivity contribution in [2.45, 2.75) is 19.3 Å². The molecule has 2 nitrogen and oxygen atoms in total. The van der Waals surface area contributed by atoms with Gasteiger partial charge >= 0.3 is 0 Å². The molecule has 2 aromatic rings. The van der Waals surface area contributed by atoms with E-state index in [1.807, 2.05) is 36.4 Å². The molecular formula is C17H15NO. The summed E-state index contributed by atoms with van der Waals surface area (Å²) in [7, 11) is 0. The Balaban J connectivity index is 2.01. The molecule has 0 fully saturated rings. The molecule has 94 valence electrons. The highest BCUT2D eigenvalue weighted by Gasteiger charge is 2.19. The first-order chi connectivity index (χ1) is 9.34. The topological polar surface area (TPSA) is 30.0 Å². The molecule has 0 atom stereocenters. The third kappa shape index (κ3) is 2.48. The molecule has 0 radical (unpaired) electrons. The number of ketones is 1. The second-order valence-corrected chi connectivity index (χ2v) is 4.79. The van der Waals surface area contributed by atoms with Gasteiger partial charge in [0.25, 0.3) is 0 Å². The second-order valence-electron chi connectivity index (χ2n) is 4.79. The van der Waals surface area contributed by atoms with E-state index in [4.69, 9.17) is 0 Å². The maximum atomic E-state index is 12.6. The van der Waals surface area contributed by atoms with Crippen LogP contribution in [0, 0.1) is 0 Å². The zero-order valence-electron chi connectivity index (χ0n) is 10.7. The van der Waals surface area contributed by atoms with E-state index in [1.165, 1.54) is 5.56 Å². The first-order valence-corrected chi connectivity index (χ1v) is 6.58. The van der Waals surface area contributed by atoms with Crippen LogP contribution >= 0.6 is 0 Å². The van der Waals surface area contributed by atoms with E-state index in [0.717, 1.165) is 36.0 Å². The molecule has 1 aromatic carbocycles. The molecule has 2 heteroatoms. The SMILES string of the molecule is O=C1/C(=C/c2ccncc2)CCCc2ccccc21. The molecular weight excluding hydrogens is 234 g/mol. The van der Waals surface area contributed by atoms with Gasteiger partial charge in [0.15, 0.2) is 5.78 Å². The molecule has 0 amide bonds. The second kappa shape index (κ2) is 5.19. The molecule has 0 bridgehead atoms. The number of hydrogen-bond donors (Lipinski definition) is 0. The molecule has 1 aliphatic carbocycles. The lowest BCUT2D eigenvalue weighted by Crippen LogP contribution is -2.03.